The molecule has 0 amide bonds. The zero-order valence-corrected chi connectivity index (χ0v) is 35.5. The molecule has 0 bridgehead atoms. The molecule has 8 nitrogen and oxygen atoms in total. The molecule has 0 aromatic rings. The van der Waals surface area contributed by atoms with Gasteiger partial charge in [0.2, 0.25) is 0 Å². The summed E-state index contributed by atoms with van der Waals surface area (Å²) in [4.78, 5) is 36.8. The molecule has 0 spiro atoms. The third kappa shape index (κ3) is 35.5. The minimum atomic E-state index is -0.874. The maximum Gasteiger partial charge on any atom is 0.362 e. The number of unbranched alkanes of at least 4 members (excludes halogenated alkanes) is 24. The van der Waals surface area contributed by atoms with Crippen LogP contribution in [-0.2, 0) is 28.6 Å². The lowest BCUT2D eigenvalue weighted by Crippen LogP contribution is -2.50. The number of nitrogens with zero attached hydrogens (tertiary/aromatic N) is 1. The molecule has 0 aliphatic heterocycles. The normalized spacial score (nSPS) is 13.0. The molecule has 2 atom stereocenters. The molecule has 0 saturated carbocycles. The molecule has 0 aromatic carbocycles. The largest absolute Gasteiger partial charge is 0.477 e. The first-order chi connectivity index (χ1) is 25.6. The van der Waals surface area contributed by atoms with Crippen LogP contribution in [0.3, 0.4) is 0 Å². The van der Waals surface area contributed by atoms with Gasteiger partial charge in [-0.25, -0.2) is 4.79 Å². The lowest BCUT2D eigenvalue weighted by Gasteiger charge is -2.31. The van der Waals surface area contributed by atoms with Gasteiger partial charge in [-0.3, -0.25) is 9.59 Å². The van der Waals surface area contributed by atoms with E-state index in [1.165, 1.54) is 135 Å². The number of likely N-dealkylation sites (N-methyl/N-ethyl adjacent to an activating group) is 1. The Morgan fingerprint density at radius 2 is 0.943 bits per heavy atom. The van der Waals surface area contributed by atoms with Crippen molar-refractivity contribution in [3.63, 3.8) is 0 Å². The van der Waals surface area contributed by atoms with Crippen LogP contribution in [0.2, 0.25) is 0 Å². The van der Waals surface area contributed by atoms with Crippen LogP contribution in [0, 0.1) is 0 Å². The van der Waals surface area contributed by atoms with Gasteiger partial charge in [-0.2, -0.15) is 0 Å². The number of hydrogen-bond acceptors (Lipinski definition) is 6. The monoisotopic (exact) mass is 753 g/mol. The summed E-state index contributed by atoms with van der Waals surface area (Å²) in [7, 11) is 5.52. The number of rotatable bonds is 40. The zero-order valence-electron chi connectivity index (χ0n) is 35.5. The van der Waals surface area contributed by atoms with Crippen molar-refractivity contribution in [3.8, 4) is 0 Å². The van der Waals surface area contributed by atoms with Crippen molar-refractivity contribution in [3.05, 3.63) is 12.2 Å². The van der Waals surface area contributed by atoms with Crippen LogP contribution in [-0.4, -0.2) is 80.6 Å². The number of esters is 2. The predicted molar refractivity (Wildman–Crippen MR) is 220 cm³/mol. The second-order valence-corrected chi connectivity index (χ2v) is 16.3. The van der Waals surface area contributed by atoms with E-state index in [2.05, 4.69) is 26.0 Å². The lowest BCUT2D eigenvalue weighted by atomic mass is 10.1. The van der Waals surface area contributed by atoms with Gasteiger partial charge in [0, 0.05) is 19.3 Å². The Balaban J connectivity index is 4.16. The number of carbonyl (C=O) groups is 3. The average molecular weight is 753 g/mol. The number of hydrogen-bond donors (Lipinski definition) is 1. The first-order valence-corrected chi connectivity index (χ1v) is 22.2. The summed E-state index contributed by atoms with van der Waals surface area (Å²) < 4.78 is 17.2. The third-order valence-corrected chi connectivity index (χ3v) is 10.2. The highest BCUT2D eigenvalue weighted by Crippen LogP contribution is 2.15. The summed E-state index contributed by atoms with van der Waals surface area (Å²) in [5.41, 5.74) is 0. The van der Waals surface area contributed by atoms with Gasteiger partial charge in [-0.15, -0.1) is 0 Å². The lowest BCUT2D eigenvalue weighted by molar-refractivity contribution is -0.887. The number of quaternary nitrogens is 1. The summed E-state index contributed by atoms with van der Waals surface area (Å²) in [6, 6.07) is -0.609. The Morgan fingerprint density at radius 1 is 0.547 bits per heavy atom. The molecule has 0 radical (unpaired) electrons. The maximum absolute atomic E-state index is 12.6. The number of aliphatic carboxylic acids is 1. The van der Waals surface area contributed by atoms with Crippen molar-refractivity contribution in [1.29, 1.82) is 0 Å². The Morgan fingerprint density at radius 3 is 1.36 bits per heavy atom. The summed E-state index contributed by atoms with van der Waals surface area (Å²) in [5.74, 6) is -1.47. The van der Waals surface area contributed by atoms with E-state index >= 15 is 0 Å². The van der Waals surface area contributed by atoms with E-state index in [0.717, 1.165) is 38.5 Å². The fourth-order valence-electron chi connectivity index (χ4n) is 6.67. The zero-order chi connectivity index (χ0) is 39.3. The van der Waals surface area contributed by atoms with E-state index in [1.807, 2.05) is 21.1 Å². The number of ether oxygens (including phenoxy) is 3. The van der Waals surface area contributed by atoms with Crippen molar-refractivity contribution in [2.24, 2.45) is 0 Å². The van der Waals surface area contributed by atoms with Crippen LogP contribution in [0.1, 0.15) is 206 Å². The molecule has 2 unspecified atom stereocenters. The topological polar surface area (TPSA) is 99.1 Å². The molecule has 0 aliphatic carbocycles. The van der Waals surface area contributed by atoms with E-state index in [9.17, 15) is 19.5 Å². The second-order valence-electron chi connectivity index (χ2n) is 16.3. The standard InChI is InChI=1S/C45H85NO7/c1-6-8-10-12-14-16-17-18-19-20-21-22-23-24-25-26-27-28-30-31-33-35-43(47)52-40-41(39-51-38-37-42(45(49)50)46(3,4)5)53-44(48)36-34-32-29-15-13-11-9-7-2/h22-23,41-42H,6-21,24-40H2,1-5H3/p+1/b23-22+. The van der Waals surface area contributed by atoms with Crippen LogP contribution in [0.5, 0.6) is 0 Å². The van der Waals surface area contributed by atoms with Crippen molar-refractivity contribution < 1.29 is 38.2 Å². The molecular formula is C45H86NO7+. The third-order valence-electron chi connectivity index (χ3n) is 10.2. The van der Waals surface area contributed by atoms with Gasteiger partial charge < -0.3 is 23.8 Å². The summed E-state index contributed by atoms with van der Waals surface area (Å²) in [6.45, 7) is 4.72. The Hall–Kier alpha value is -1.93. The summed E-state index contributed by atoms with van der Waals surface area (Å²) in [6.07, 6.45) is 38.4. The minimum Gasteiger partial charge on any atom is -0.477 e. The molecule has 0 heterocycles. The van der Waals surface area contributed by atoms with Crippen LogP contribution >= 0.6 is 0 Å². The van der Waals surface area contributed by atoms with Gasteiger partial charge in [0.05, 0.1) is 34.4 Å². The SMILES string of the molecule is CCCCCCCCCCCC/C=C/CCCCCCCCCC(=O)OCC(COCCC(C(=O)O)[N+](C)(C)C)OC(=O)CCCCCCCCCC. The van der Waals surface area contributed by atoms with Gasteiger partial charge in [-0.05, 0) is 38.5 Å². The van der Waals surface area contributed by atoms with Crippen molar-refractivity contribution in [2.75, 3.05) is 41.0 Å². The van der Waals surface area contributed by atoms with E-state index in [1.54, 1.807) is 0 Å². The fourth-order valence-corrected chi connectivity index (χ4v) is 6.67. The molecule has 1 N–H and O–H groups in total. The molecule has 312 valence electrons. The van der Waals surface area contributed by atoms with Crippen molar-refractivity contribution >= 4 is 17.9 Å². The van der Waals surface area contributed by atoms with E-state index < -0.39 is 18.1 Å². The van der Waals surface area contributed by atoms with Crippen LogP contribution in [0.15, 0.2) is 12.2 Å². The molecule has 0 saturated heterocycles. The first kappa shape index (κ1) is 51.1. The van der Waals surface area contributed by atoms with Gasteiger partial charge in [0.25, 0.3) is 0 Å². The molecule has 0 fully saturated rings. The molecule has 8 heteroatoms. The highest BCUT2D eigenvalue weighted by molar-refractivity contribution is 5.72. The summed E-state index contributed by atoms with van der Waals surface area (Å²) >= 11 is 0. The first-order valence-electron chi connectivity index (χ1n) is 22.2. The Bertz CT molecular complexity index is 885. The smallest absolute Gasteiger partial charge is 0.362 e. The molecule has 0 aromatic heterocycles. The van der Waals surface area contributed by atoms with Crippen LogP contribution < -0.4 is 0 Å². The second kappa shape index (κ2) is 37.0. The van der Waals surface area contributed by atoms with Crippen molar-refractivity contribution in [1.82, 2.24) is 0 Å². The fraction of sp³-hybridized carbons (Fsp3) is 0.889. The Labute approximate surface area is 327 Å². The minimum absolute atomic E-state index is 0.0482. The molecule has 0 rings (SSSR count). The van der Waals surface area contributed by atoms with E-state index in [-0.39, 0.29) is 36.2 Å². The van der Waals surface area contributed by atoms with E-state index in [0.29, 0.717) is 19.3 Å². The van der Waals surface area contributed by atoms with Gasteiger partial charge >= 0.3 is 17.9 Å². The van der Waals surface area contributed by atoms with Crippen LogP contribution in [0.25, 0.3) is 0 Å². The highest BCUT2D eigenvalue weighted by Gasteiger charge is 2.31. The van der Waals surface area contributed by atoms with Crippen LogP contribution in [0.4, 0.5) is 0 Å². The number of carbonyl (C=O) groups excluding carboxylic acids is 2. The molecule has 0 aliphatic rings. The maximum atomic E-state index is 12.6. The highest BCUT2D eigenvalue weighted by atomic mass is 16.6. The Kier molecular flexibility index (Phi) is 35.7. The van der Waals surface area contributed by atoms with Crippen molar-refractivity contribution in [2.45, 2.75) is 219 Å². The quantitative estimate of drug-likeness (QED) is 0.0288. The number of carboxylic acids is 1. The van der Waals surface area contributed by atoms with Gasteiger partial charge in [0.15, 0.2) is 12.1 Å². The average Bonchev–Trinajstić information content (AvgIpc) is 3.11. The molecule has 53 heavy (non-hydrogen) atoms. The van der Waals surface area contributed by atoms with Gasteiger partial charge in [0.1, 0.15) is 6.61 Å². The number of carboxylic acid groups (broad SMARTS) is 1. The summed E-state index contributed by atoms with van der Waals surface area (Å²) in [5, 5.41) is 9.59. The predicted octanol–water partition coefficient (Wildman–Crippen LogP) is 11.9. The molecular weight excluding hydrogens is 666 g/mol. The van der Waals surface area contributed by atoms with Gasteiger partial charge in [-0.1, -0.05) is 161 Å². The van der Waals surface area contributed by atoms with E-state index in [4.69, 9.17) is 14.2 Å². The number of allylic oxidation sites excluding steroid dienone is 2.